The summed E-state index contributed by atoms with van der Waals surface area (Å²) in [6.45, 7) is 1.90. The number of halogens is 4. The summed E-state index contributed by atoms with van der Waals surface area (Å²) in [6.07, 6.45) is 2.00. The maximum Gasteiger partial charge on any atom is 0.272 e. The van der Waals surface area contributed by atoms with Gasteiger partial charge in [0.15, 0.2) is 0 Å². The Balaban J connectivity index is 1.53. The van der Waals surface area contributed by atoms with Crippen LogP contribution in [0.15, 0.2) is 102 Å². The smallest absolute Gasteiger partial charge is 0.272 e. The predicted octanol–water partition coefficient (Wildman–Crippen LogP) is 9.22. The maximum absolute atomic E-state index is 13.5. The van der Waals surface area contributed by atoms with E-state index in [1.807, 2.05) is 13.0 Å². The Morgan fingerprint density at radius 2 is 1.56 bits per heavy atom. The van der Waals surface area contributed by atoms with Crippen molar-refractivity contribution in [2.45, 2.75) is 23.5 Å². The second kappa shape index (κ2) is 15.3. The van der Waals surface area contributed by atoms with Gasteiger partial charge in [0.05, 0.1) is 26.0 Å². The van der Waals surface area contributed by atoms with Gasteiger partial charge in [-0.05, 0) is 72.7 Å². The minimum absolute atomic E-state index is 0.0401. The van der Waals surface area contributed by atoms with E-state index < -0.39 is 17.1 Å². The molecule has 0 aliphatic heterocycles. The van der Waals surface area contributed by atoms with Gasteiger partial charge in [0.25, 0.3) is 11.8 Å². The molecule has 0 saturated carbocycles. The van der Waals surface area contributed by atoms with Crippen LogP contribution in [-0.4, -0.2) is 23.0 Å². The molecule has 0 radical (unpaired) electrons. The Morgan fingerprint density at radius 1 is 0.814 bits per heavy atom. The van der Waals surface area contributed by atoms with E-state index in [1.165, 1.54) is 17.8 Å². The number of rotatable bonds is 10. The van der Waals surface area contributed by atoms with Gasteiger partial charge in [-0.3, -0.25) is 14.4 Å². The number of carbonyl (C=O) groups is 3. The molecule has 0 bridgehead atoms. The molecule has 0 aliphatic carbocycles. The van der Waals surface area contributed by atoms with Gasteiger partial charge >= 0.3 is 0 Å². The second-order valence-electron chi connectivity index (χ2n) is 9.13. The topological polar surface area (TPSA) is 87.3 Å². The molecular formula is C32H25Cl4N3O3S. The summed E-state index contributed by atoms with van der Waals surface area (Å²) < 4.78 is 0. The SMILES string of the molecule is CCC(Sc1cccc(NC(=O)/C(=C\c2cccc(Cl)c2Cl)NC(=O)c2ccccc2)c1)C(=O)Nc1ccc(Cl)cc1Cl. The molecule has 43 heavy (non-hydrogen) atoms. The molecule has 0 heterocycles. The van der Waals surface area contributed by atoms with Gasteiger partial charge in [-0.2, -0.15) is 0 Å². The highest BCUT2D eigenvalue weighted by Crippen LogP contribution is 2.31. The molecular weight excluding hydrogens is 648 g/mol. The monoisotopic (exact) mass is 671 g/mol. The van der Waals surface area contributed by atoms with Crippen molar-refractivity contribution in [3.05, 3.63) is 128 Å². The average Bonchev–Trinajstić information content (AvgIpc) is 2.99. The van der Waals surface area contributed by atoms with Crippen LogP contribution in [0.1, 0.15) is 29.3 Å². The molecule has 0 saturated heterocycles. The van der Waals surface area contributed by atoms with Crippen LogP contribution in [0.25, 0.3) is 6.08 Å². The summed E-state index contributed by atoms with van der Waals surface area (Å²) >= 11 is 26.0. The number of hydrogen-bond acceptors (Lipinski definition) is 4. The van der Waals surface area contributed by atoms with Crippen molar-refractivity contribution in [1.82, 2.24) is 5.32 Å². The van der Waals surface area contributed by atoms with Gasteiger partial charge in [0, 0.05) is 21.2 Å². The summed E-state index contributed by atoms with van der Waals surface area (Å²) in [6, 6.07) is 25.4. The van der Waals surface area contributed by atoms with Crippen molar-refractivity contribution >= 4 is 93.3 Å². The quantitative estimate of drug-likeness (QED) is 0.116. The van der Waals surface area contributed by atoms with E-state index in [9.17, 15) is 14.4 Å². The Labute approximate surface area is 273 Å². The zero-order valence-electron chi connectivity index (χ0n) is 22.7. The lowest BCUT2D eigenvalue weighted by Gasteiger charge is -2.16. The van der Waals surface area contributed by atoms with E-state index >= 15 is 0 Å². The minimum atomic E-state index is -0.579. The first kappa shape index (κ1) is 32.5. The summed E-state index contributed by atoms with van der Waals surface area (Å²) in [5, 5.41) is 9.27. The molecule has 11 heteroatoms. The second-order valence-corrected chi connectivity index (χ2v) is 12.0. The van der Waals surface area contributed by atoms with Gasteiger partial charge in [-0.1, -0.05) is 89.7 Å². The highest BCUT2D eigenvalue weighted by Gasteiger charge is 2.20. The lowest BCUT2D eigenvalue weighted by Crippen LogP contribution is -2.30. The van der Waals surface area contributed by atoms with E-state index in [2.05, 4.69) is 16.0 Å². The zero-order valence-corrected chi connectivity index (χ0v) is 26.5. The van der Waals surface area contributed by atoms with Crippen molar-refractivity contribution in [3.63, 3.8) is 0 Å². The largest absolute Gasteiger partial charge is 0.324 e. The lowest BCUT2D eigenvalue weighted by atomic mass is 10.1. The number of anilines is 2. The maximum atomic E-state index is 13.5. The summed E-state index contributed by atoms with van der Waals surface area (Å²) in [5.41, 5.74) is 1.72. The van der Waals surface area contributed by atoms with Gasteiger partial charge in [-0.15, -0.1) is 11.8 Å². The molecule has 4 aromatic carbocycles. The standard InChI is InChI=1S/C32H25Cl4N3O3S/c1-2-28(32(42)38-26-15-14-21(33)17-25(26)35)43-23-12-7-11-22(18-23)37-31(41)27(16-20-10-6-13-24(34)29(20)36)39-30(40)19-8-4-3-5-9-19/h3-18,28H,2H2,1H3,(H,37,41)(H,38,42)(H,39,40)/b27-16+. The molecule has 0 aromatic heterocycles. The Hall–Kier alpha value is -3.46. The first-order valence-electron chi connectivity index (χ1n) is 13.0. The van der Waals surface area contributed by atoms with Crippen LogP contribution < -0.4 is 16.0 Å². The van der Waals surface area contributed by atoms with Crippen LogP contribution in [0.5, 0.6) is 0 Å². The number of nitrogens with one attached hydrogen (secondary N) is 3. The van der Waals surface area contributed by atoms with Crippen molar-refractivity contribution in [2.75, 3.05) is 10.6 Å². The fourth-order valence-electron chi connectivity index (χ4n) is 3.87. The number of thioether (sulfide) groups is 1. The van der Waals surface area contributed by atoms with Crippen LogP contribution in [0, 0.1) is 0 Å². The van der Waals surface area contributed by atoms with Crippen molar-refractivity contribution in [3.8, 4) is 0 Å². The number of benzene rings is 4. The van der Waals surface area contributed by atoms with Crippen LogP contribution >= 0.6 is 58.2 Å². The highest BCUT2D eigenvalue weighted by molar-refractivity contribution is 8.00. The Morgan fingerprint density at radius 3 is 2.28 bits per heavy atom. The van der Waals surface area contributed by atoms with E-state index in [0.29, 0.717) is 44.0 Å². The molecule has 0 spiro atoms. The normalized spacial score (nSPS) is 11.9. The van der Waals surface area contributed by atoms with E-state index in [-0.39, 0.29) is 16.6 Å². The fourth-order valence-corrected chi connectivity index (χ4v) is 5.70. The summed E-state index contributed by atoms with van der Waals surface area (Å²) in [4.78, 5) is 40.2. The van der Waals surface area contributed by atoms with Crippen molar-refractivity contribution < 1.29 is 14.4 Å². The molecule has 0 fully saturated rings. The van der Waals surface area contributed by atoms with E-state index in [4.69, 9.17) is 46.4 Å². The molecule has 3 amide bonds. The van der Waals surface area contributed by atoms with Crippen LogP contribution in [0.3, 0.4) is 0 Å². The predicted molar refractivity (Wildman–Crippen MR) is 178 cm³/mol. The summed E-state index contributed by atoms with van der Waals surface area (Å²) in [5.74, 6) is -1.27. The third-order valence-electron chi connectivity index (χ3n) is 6.03. The van der Waals surface area contributed by atoms with Gasteiger partial charge in [-0.25, -0.2) is 0 Å². The highest BCUT2D eigenvalue weighted by atomic mass is 35.5. The third kappa shape index (κ3) is 9.02. The summed E-state index contributed by atoms with van der Waals surface area (Å²) in [7, 11) is 0. The molecule has 4 aromatic rings. The average molecular weight is 673 g/mol. The number of amides is 3. The van der Waals surface area contributed by atoms with Crippen LogP contribution in [-0.2, 0) is 9.59 Å². The molecule has 0 aliphatic rings. The van der Waals surface area contributed by atoms with E-state index in [0.717, 1.165) is 4.90 Å². The fraction of sp³-hybridized carbons (Fsp3) is 0.0938. The first-order chi connectivity index (χ1) is 20.6. The van der Waals surface area contributed by atoms with E-state index in [1.54, 1.807) is 84.9 Å². The number of carbonyl (C=O) groups excluding carboxylic acids is 3. The molecule has 6 nitrogen and oxygen atoms in total. The number of hydrogen-bond donors (Lipinski definition) is 3. The van der Waals surface area contributed by atoms with Crippen molar-refractivity contribution in [2.24, 2.45) is 0 Å². The first-order valence-corrected chi connectivity index (χ1v) is 15.4. The minimum Gasteiger partial charge on any atom is -0.324 e. The van der Waals surface area contributed by atoms with Gasteiger partial charge < -0.3 is 16.0 Å². The Kier molecular flexibility index (Phi) is 11.6. The van der Waals surface area contributed by atoms with Gasteiger partial charge in [0.2, 0.25) is 5.91 Å². The molecule has 4 rings (SSSR count). The zero-order chi connectivity index (χ0) is 30.9. The Bertz CT molecular complexity index is 1680. The lowest BCUT2D eigenvalue weighted by molar-refractivity contribution is -0.116. The molecule has 3 N–H and O–H groups in total. The van der Waals surface area contributed by atoms with Gasteiger partial charge in [0.1, 0.15) is 5.70 Å². The van der Waals surface area contributed by atoms with Crippen LogP contribution in [0.2, 0.25) is 20.1 Å². The van der Waals surface area contributed by atoms with Crippen LogP contribution in [0.4, 0.5) is 11.4 Å². The molecule has 1 unspecified atom stereocenters. The molecule has 220 valence electrons. The molecule has 1 atom stereocenters. The third-order valence-corrected chi connectivity index (χ3v) is 8.77. The van der Waals surface area contributed by atoms with Crippen molar-refractivity contribution in [1.29, 1.82) is 0 Å².